The molecule has 8 heteroatoms. The van der Waals surface area contributed by atoms with Crippen LogP contribution in [0.1, 0.15) is 34.6 Å². The highest BCUT2D eigenvalue weighted by atomic mass is 19.3. The van der Waals surface area contributed by atoms with E-state index in [1.807, 2.05) is 5.32 Å². The van der Waals surface area contributed by atoms with Gasteiger partial charge in [-0.05, 0) is 34.6 Å². The molecular formula is C12H21F2NO5. The molecule has 2 atom stereocenters. The van der Waals surface area contributed by atoms with Gasteiger partial charge in [0.15, 0.2) is 0 Å². The zero-order chi connectivity index (χ0) is 16.1. The number of aliphatic hydroxyl groups excluding tert-OH is 1. The lowest BCUT2D eigenvalue weighted by Crippen LogP contribution is -2.54. The van der Waals surface area contributed by atoms with Gasteiger partial charge in [0.05, 0.1) is 12.6 Å². The number of nitrogens with one attached hydrogen (secondary N) is 1. The molecule has 0 fully saturated rings. The molecule has 0 aliphatic rings. The molecule has 0 aromatic heterocycles. The molecule has 118 valence electrons. The Labute approximate surface area is 116 Å². The highest BCUT2D eigenvalue weighted by Gasteiger charge is 2.51. The van der Waals surface area contributed by atoms with Gasteiger partial charge >= 0.3 is 18.0 Å². The molecule has 0 bridgehead atoms. The fraction of sp³-hybridized carbons (Fsp3) is 0.833. The maximum atomic E-state index is 13.5. The summed E-state index contributed by atoms with van der Waals surface area (Å²) in [5.41, 5.74) is -0.807. The Morgan fingerprint density at radius 2 is 1.80 bits per heavy atom. The number of rotatable bonds is 5. The maximum absolute atomic E-state index is 13.5. The summed E-state index contributed by atoms with van der Waals surface area (Å²) in [4.78, 5) is 22.4. The Morgan fingerprint density at radius 3 is 2.20 bits per heavy atom. The van der Waals surface area contributed by atoms with E-state index in [9.17, 15) is 23.5 Å². The smallest absolute Gasteiger partial charge is 0.407 e. The zero-order valence-electron chi connectivity index (χ0n) is 12.2. The van der Waals surface area contributed by atoms with Crippen LogP contribution in [0, 0.1) is 0 Å². The van der Waals surface area contributed by atoms with E-state index in [0.29, 0.717) is 0 Å². The van der Waals surface area contributed by atoms with Gasteiger partial charge < -0.3 is 19.9 Å². The van der Waals surface area contributed by atoms with Gasteiger partial charge in [0.2, 0.25) is 0 Å². The van der Waals surface area contributed by atoms with E-state index in [4.69, 9.17) is 4.74 Å². The molecule has 0 aliphatic heterocycles. The lowest BCUT2D eigenvalue weighted by Gasteiger charge is -2.27. The molecule has 0 saturated carbocycles. The van der Waals surface area contributed by atoms with Crippen molar-refractivity contribution in [1.29, 1.82) is 0 Å². The summed E-state index contributed by atoms with van der Waals surface area (Å²) in [5.74, 6) is -5.96. The fourth-order valence-electron chi connectivity index (χ4n) is 1.23. The first-order chi connectivity index (χ1) is 8.91. The van der Waals surface area contributed by atoms with Crippen molar-refractivity contribution in [1.82, 2.24) is 5.32 Å². The van der Waals surface area contributed by atoms with Gasteiger partial charge in [-0.2, -0.15) is 8.78 Å². The predicted molar refractivity (Wildman–Crippen MR) is 66.4 cm³/mol. The van der Waals surface area contributed by atoms with Gasteiger partial charge in [0.25, 0.3) is 0 Å². The molecule has 6 nitrogen and oxygen atoms in total. The second kappa shape index (κ2) is 6.83. The van der Waals surface area contributed by atoms with Crippen molar-refractivity contribution in [2.75, 3.05) is 6.61 Å². The van der Waals surface area contributed by atoms with E-state index >= 15 is 0 Å². The zero-order valence-corrected chi connectivity index (χ0v) is 12.2. The van der Waals surface area contributed by atoms with Gasteiger partial charge in [-0.25, -0.2) is 9.59 Å². The van der Waals surface area contributed by atoms with Gasteiger partial charge in [-0.3, -0.25) is 0 Å². The molecule has 20 heavy (non-hydrogen) atoms. The van der Waals surface area contributed by atoms with Crippen LogP contribution in [0.25, 0.3) is 0 Å². The van der Waals surface area contributed by atoms with Crippen LogP contribution in [-0.4, -0.2) is 47.4 Å². The summed E-state index contributed by atoms with van der Waals surface area (Å²) >= 11 is 0. The Hall–Kier alpha value is -1.44. The molecule has 0 saturated heterocycles. The third kappa shape index (κ3) is 5.68. The SMILES string of the molecule is CCOC(=O)C(F)(F)C(O)C(C)NC(=O)OC(C)(C)C. The van der Waals surface area contributed by atoms with E-state index in [2.05, 4.69) is 4.74 Å². The number of aliphatic hydroxyl groups is 1. The summed E-state index contributed by atoms with van der Waals surface area (Å²) in [6.07, 6.45) is -3.39. The second-order valence-electron chi connectivity index (χ2n) is 5.22. The van der Waals surface area contributed by atoms with Crippen LogP contribution in [0.5, 0.6) is 0 Å². The number of halogens is 2. The average Bonchev–Trinajstić information content (AvgIpc) is 2.25. The van der Waals surface area contributed by atoms with Crippen LogP contribution in [0.4, 0.5) is 13.6 Å². The molecule has 1 amide bonds. The van der Waals surface area contributed by atoms with Crippen LogP contribution in [0.2, 0.25) is 0 Å². The van der Waals surface area contributed by atoms with Crippen molar-refractivity contribution in [3.05, 3.63) is 0 Å². The predicted octanol–water partition coefficient (Wildman–Crippen LogP) is 1.46. The van der Waals surface area contributed by atoms with Gasteiger partial charge in [0.1, 0.15) is 11.7 Å². The highest BCUT2D eigenvalue weighted by Crippen LogP contribution is 2.23. The minimum absolute atomic E-state index is 0.241. The number of carbonyl (C=O) groups excluding carboxylic acids is 2. The van der Waals surface area contributed by atoms with E-state index in [-0.39, 0.29) is 6.61 Å². The number of amides is 1. The highest BCUT2D eigenvalue weighted by molar-refractivity contribution is 5.78. The number of carbonyl (C=O) groups is 2. The molecule has 0 rings (SSSR count). The molecule has 0 spiro atoms. The third-order valence-corrected chi connectivity index (χ3v) is 2.14. The second-order valence-corrected chi connectivity index (χ2v) is 5.22. The molecule has 0 aliphatic carbocycles. The van der Waals surface area contributed by atoms with Crippen molar-refractivity contribution >= 4 is 12.1 Å². The van der Waals surface area contributed by atoms with Crippen molar-refractivity contribution in [3.63, 3.8) is 0 Å². The standard InChI is InChI=1S/C12H21F2NO5/c1-6-19-9(17)12(13,14)8(16)7(2)15-10(18)20-11(3,4)5/h7-8,16H,6H2,1-5H3,(H,15,18). The lowest BCUT2D eigenvalue weighted by atomic mass is 10.1. The van der Waals surface area contributed by atoms with Crippen molar-refractivity contribution in [2.24, 2.45) is 0 Å². The van der Waals surface area contributed by atoms with E-state index in [0.717, 1.165) is 6.92 Å². The largest absolute Gasteiger partial charge is 0.461 e. The first kappa shape index (κ1) is 18.6. The minimum Gasteiger partial charge on any atom is -0.461 e. The van der Waals surface area contributed by atoms with Crippen LogP contribution < -0.4 is 5.32 Å². The molecule has 0 heterocycles. The molecule has 2 unspecified atom stereocenters. The van der Waals surface area contributed by atoms with Gasteiger partial charge in [0, 0.05) is 0 Å². The fourth-order valence-corrected chi connectivity index (χ4v) is 1.23. The van der Waals surface area contributed by atoms with Gasteiger partial charge in [-0.1, -0.05) is 0 Å². The Morgan fingerprint density at radius 1 is 1.30 bits per heavy atom. The van der Waals surface area contributed by atoms with Crippen LogP contribution in [-0.2, 0) is 14.3 Å². The molecule has 0 aromatic rings. The Bertz CT molecular complexity index is 354. The first-order valence-electron chi connectivity index (χ1n) is 6.14. The Balaban J connectivity index is 4.65. The van der Waals surface area contributed by atoms with Crippen LogP contribution in [0.15, 0.2) is 0 Å². The third-order valence-electron chi connectivity index (χ3n) is 2.14. The number of alkyl halides is 2. The number of ether oxygens (including phenoxy) is 2. The summed E-state index contributed by atoms with van der Waals surface area (Å²) in [5, 5.41) is 11.5. The van der Waals surface area contributed by atoms with Crippen molar-refractivity contribution in [3.8, 4) is 0 Å². The molecular weight excluding hydrogens is 276 g/mol. The Kier molecular flexibility index (Phi) is 6.33. The van der Waals surface area contributed by atoms with Crippen LogP contribution in [0.3, 0.4) is 0 Å². The summed E-state index contributed by atoms with van der Waals surface area (Å²) in [6.45, 7) is 7.04. The molecule has 2 N–H and O–H groups in total. The quantitative estimate of drug-likeness (QED) is 0.750. The molecule has 0 radical (unpaired) electrons. The monoisotopic (exact) mass is 297 g/mol. The number of hydrogen-bond donors (Lipinski definition) is 2. The summed E-state index contributed by atoms with van der Waals surface area (Å²) in [6, 6.07) is -1.40. The van der Waals surface area contributed by atoms with Crippen molar-refractivity contribution in [2.45, 2.75) is 58.3 Å². The number of alkyl carbamates (subject to hydrolysis) is 1. The topological polar surface area (TPSA) is 84.9 Å². The van der Waals surface area contributed by atoms with Crippen molar-refractivity contribution < 1.29 is 33.0 Å². The van der Waals surface area contributed by atoms with Gasteiger partial charge in [-0.15, -0.1) is 0 Å². The van der Waals surface area contributed by atoms with Crippen LogP contribution >= 0.6 is 0 Å². The number of hydrogen-bond acceptors (Lipinski definition) is 5. The first-order valence-corrected chi connectivity index (χ1v) is 6.14. The maximum Gasteiger partial charge on any atom is 0.407 e. The lowest BCUT2D eigenvalue weighted by molar-refractivity contribution is -0.190. The summed E-state index contributed by atoms with van der Waals surface area (Å²) < 4.78 is 36.1. The summed E-state index contributed by atoms with van der Waals surface area (Å²) in [7, 11) is 0. The van der Waals surface area contributed by atoms with E-state index in [1.165, 1.54) is 6.92 Å². The number of esters is 1. The van der Waals surface area contributed by atoms with E-state index < -0.39 is 35.7 Å². The van der Waals surface area contributed by atoms with E-state index in [1.54, 1.807) is 20.8 Å². The average molecular weight is 297 g/mol. The molecule has 0 aromatic carbocycles. The minimum atomic E-state index is -4.12. The normalized spacial score (nSPS) is 15.2.